The molecule has 36 heavy (non-hydrogen) atoms. The predicted molar refractivity (Wildman–Crippen MR) is 135 cm³/mol. The van der Waals surface area contributed by atoms with Crippen molar-refractivity contribution >= 4 is 52.7 Å². The predicted octanol–water partition coefficient (Wildman–Crippen LogP) is 1.61. The van der Waals surface area contributed by atoms with Crippen LogP contribution in [0.1, 0.15) is 28.8 Å². The van der Waals surface area contributed by atoms with Crippen LogP contribution in [0, 0.1) is 5.92 Å². The summed E-state index contributed by atoms with van der Waals surface area (Å²) in [7, 11) is 1.63. The van der Waals surface area contributed by atoms with Crippen molar-refractivity contribution in [2.45, 2.75) is 12.8 Å². The van der Waals surface area contributed by atoms with Gasteiger partial charge >= 0.3 is 29.6 Å². The molecular formula is C26H24Cl2N3NaO4. The van der Waals surface area contributed by atoms with Crippen LogP contribution in [-0.2, 0) is 9.53 Å². The van der Waals surface area contributed by atoms with E-state index in [2.05, 4.69) is 9.97 Å². The van der Waals surface area contributed by atoms with Gasteiger partial charge in [0.15, 0.2) is 5.78 Å². The molecule has 0 aliphatic heterocycles. The van der Waals surface area contributed by atoms with Crippen LogP contribution < -0.4 is 39.6 Å². The van der Waals surface area contributed by atoms with Gasteiger partial charge in [-0.05, 0) is 42.3 Å². The number of carbonyl (C=O) groups is 2. The Balaban J connectivity index is 0.00000456. The Bertz CT molecular complexity index is 1160. The summed E-state index contributed by atoms with van der Waals surface area (Å²) in [5, 5.41) is 12.0. The number of carboxylic acid groups (broad SMARTS) is 1. The van der Waals surface area contributed by atoms with E-state index < -0.39 is 17.7 Å². The van der Waals surface area contributed by atoms with E-state index in [1.807, 2.05) is 29.2 Å². The minimum Gasteiger partial charge on any atom is -0.550 e. The van der Waals surface area contributed by atoms with E-state index in [1.165, 1.54) is 0 Å². The third kappa shape index (κ3) is 8.40. The van der Waals surface area contributed by atoms with E-state index in [-0.39, 0.29) is 58.0 Å². The van der Waals surface area contributed by atoms with E-state index in [1.54, 1.807) is 55.9 Å². The molecule has 0 radical (unpaired) electrons. The second-order valence-corrected chi connectivity index (χ2v) is 8.48. The molecule has 3 rings (SSSR count). The Labute approximate surface area is 242 Å². The van der Waals surface area contributed by atoms with Gasteiger partial charge in [0, 0.05) is 50.0 Å². The second kappa shape index (κ2) is 15.1. The largest absolute Gasteiger partial charge is 1.00 e. The average molecular weight is 536 g/mol. The number of halogens is 2. The molecule has 0 saturated carbocycles. The Kier molecular flexibility index (Phi) is 12.6. The maximum atomic E-state index is 12.6. The topological polar surface area (TPSA) is 95.5 Å². The van der Waals surface area contributed by atoms with Gasteiger partial charge in [-0.25, -0.2) is 9.97 Å². The number of rotatable bonds is 12. The number of allylic oxidation sites excluding steroid dienone is 1. The summed E-state index contributed by atoms with van der Waals surface area (Å²) >= 11 is 12.1. The van der Waals surface area contributed by atoms with Crippen LogP contribution in [0.15, 0.2) is 67.0 Å². The van der Waals surface area contributed by atoms with E-state index in [0.717, 1.165) is 11.3 Å². The molecule has 1 aromatic heterocycles. The molecule has 0 aliphatic rings. The molecule has 0 spiro atoms. The third-order valence-corrected chi connectivity index (χ3v) is 5.88. The summed E-state index contributed by atoms with van der Waals surface area (Å²) in [5.41, 5.74) is 1.88. The summed E-state index contributed by atoms with van der Waals surface area (Å²) in [6.07, 6.45) is 6.72. The fourth-order valence-corrected chi connectivity index (χ4v) is 4.05. The minimum absolute atomic E-state index is 0. The number of nitrogens with zero attached hydrogens (tertiary/aromatic N) is 3. The first-order valence-corrected chi connectivity index (χ1v) is 11.6. The number of Topliss-reactive ketones (excluding diaryl/α,β-unsaturated/α-hetero) is 1. The first-order valence-electron chi connectivity index (χ1n) is 10.9. The van der Waals surface area contributed by atoms with Crippen molar-refractivity contribution in [1.82, 2.24) is 9.97 Å². The SMILES string of the molecule is COCCN(c1ccc(/C=C/CC(CC(=O)c2c(Cl)cccc2Cl)C(=O)[O-])cc1)c1ncccn1.[Na+]. The van der Waals surface area contributed by atoms with Crippen molar-refractivity contribution in [1.29, 1.82) is 0 Å². The van der Waals surface area contributed by atoms with Gasteiger partial charge in [-0.2, -0.15) is 0 Å². The van der Waals surface area contributed by atoms with Crippen LogP contribution in [0.5, 0.6) is 0 Å². The molecule has 7 nitrogen and oxygen atoms in total. The number of carbonyl (C=O) groups excluding carboxylic acids is 2. The molecule has 10 heteroatoms. The van der Waals surface area contributed by atoms with Gasteiger partial charge in [-0.15, -0.1) is 0 Å². The monoisotopic (exact) mass is 535 g/mol. The standard InChI is InChI=1S/C26H25Cl2N3O4.Na/c1-35-16-15-31(26-29-13-4-14-30-26)20-11-9-18(10-12-20)5-2-6-19(25(33)34)17-23(32)24-21(27)7-3-8-22(24)28;/h2-5,7-14,19H,6,15-17H2,1H3,(H,33,34);/q;+1/p-1/b5-2+;. The maximum Gasteiger partial charge on any atom is 1.00 e. The van der Waals surface area contributed by atoms with Crippen molar-refractivity contribution in [3.05, 3.63) is 88.2 Å². The van der Waals surface area contributed by atoms with Crippen molar-refractivity contribution in [2.75, 3.05) is 25.2 Å². The molecule has 0 aliphatic carbocycles. The molecule has 0 amide bonds. The number of carboxylic acids is 1. The Morgan fingerprint density at radius 1 is 1.06 bits per heavy atom. The molecule has 0 fully saturated rings. The summed E-state index contributed by atoms with van der Waals surface area (Å²) in [5.74, 6) is -2.19. The number of hydrogen-bond acceptors (Lipinski definition) is 7. The number of ketones is 1. The normalized spacial score (nSPS) is 11.6. The fourth-order valence-electron chi connectivity index (χ4n) is 3.44. The Hall–Kier alpha value is -2.26. The van der Waals surface area contributed by atoms with Crippen LogP contribution in [0.25, 0.3) is 6.08 Å². The molecule has 0 saturated heterocycles. The van der Waals surface area contributed by atoms with E-state index in [0.29, 0.717) is 19.1 Å². The number of aromatic nitrogens is 2. The first kappa shape index (κ1) is 30.0. The zero-order valence-electron chi connectivity index (χ0n) is 20.1. The van der Waals surface area contributed by atoms with Gasteiger partial charge in [0.05, 0.1) is 22.2 Å². The number of ether oxygens (including phenoxy) is 1. The Morgan fingerprint density at radius 2 is 1.69 bits per heavy atom. The molecule has 182 valence electrons. The van der Waals surface area contributed by atoms with Crippen molar-refractivity contribution in [3.8, 4) is 0 Å². The number of anilines is 2. The van der Waals surface area contributed by atoms with Crippen LogP contribution in [0.2, 0.25) is 10.0 Å². The molecular weight excluding hydrogens is 512 g/mol. The number of hydrogen-bond donors (Lipinski definition) is 0. The minimum atomic E-state index is -1.31. The molecule has 3 aromatic rings. The van der Waals surface area contributed by atoms with Crippen LogP contribution in [-0.4, -0.2) is 42.0 Å². The number of aliphatic carboxylic acids is 1. The van der Waals surface area contributed by atoms with Gasteiger partial charge < -0.3 is 19.5 Å². The quantitative estimate of drug-likeness (QED) is 0.257. The summed E-state index contributed by atoms with van der Waals surface area (Å²) in [6.45, 7) is 1.08. The smallest absolute Gasteiger partial charge is 0.550 e. The van der Waals surface area contributed by atoms with Gasteiger partial charge in [0.1, 0.15) is 0 Å². The van der Waals surface area contributed by atoms with E-state index in [9.17, 15) is 14.7 Å². The zero-order valence-corrected chi connectivity index (χ0v) is 23.6. The molecule has 2 aromatic carbocycles. The second-order valence-electron chi connectivity index (χ2n) is 7.66. The molecule has 1 atom stereocenters. The summed E-state index contributed by atoms with van der Waals surface area (Å²) in [6, 6.07) is 14.1. The molecule has 1 unspecified atom stereocenters. The molecule has 1 heterocycles. The van der Waals surface area contributed by atoms with Gasteiger partial charge in [-0.3, -0.25) is 4.79 Å². The fraction of sp³-hybridized carbons (Fsp3) is 0.231. The van der Waals surface area contributed by atoms with Crippen molar-refractivity contribution in [3.63, 3.8) is 0 Å². The molecule has 0 bridgehead atoms. The Morgan fingerprint density at radius 3 is 2.28 bits per heavy atom. The maximum absolute atomic E-state index is 12.6. The van der Waals surface area contributed by atoms with Gasteiger partial charge in [0.25, 0.3) is 0 Å². The first-order chi connectivity index (χ1) is 16.9. The van der Waals surface area contributed by atoms with E-state index in [4.69, 9.17) is 27.9 Å². The average Bonchev–Trinajstić information content (AvgIpc) is 2.85. The van der Waals surface area contributed by atoms with Crippen molar-refractivity contribution < 1.29 is 49.0 Å². The summed E-state index contributed by atoms with van der Waals surface area (Å²) in [4.78, 5) is 34.8. The van der Waals surface area contributed by atoms with Gasteiger partial charge in [-0.1, -0.05) is 53.6 Å². The van der Waals surface area contributed by atoms with Crippen LogP contribution >= 0.6 is 23.2 Å². The van der Waals surface area contributed by atoms with Gasteiger partial charge in [0.2, 0.25) is 5.95 Å². The van der Waals surface area contributed by atoms with E-state index >= 15 is 0 Å². The number of methoxy groups -OCH3 is 1. The number of benzene rings is 2. The molecule has 0 N–H and O–H groups in total. The van der Waals surface area contributed by atoms with Crippen LogP contribution in [0.3, 0.4) is 0 Å². The van der Waals surface area contributed by atoms with Crippen LogP contribution in [0.4, 0.5) is 11.6 Å². The zero-order chi connectivity index (χ0) is 25.2. The summed E-state index contributed by atoms with van der Waals surface area (Å²) < 4.78 is 5.20. The third-order valence-electron chi connectivity index (χ3n) is 5.25. The van der Waals surface area contributed by atoms with Crippen molar-refractivity contribution in [2.24, 2.45) is 5.92 Å².